The smallest absolute Gasteiger partial charge is 0.262 e. The monoisotopic (exact) mass is 406 g/mol. The van der Waals surface area contributed by atoms with E-state index >= 15 is 0 Å². The van der Waals surface area contributed by atoms with E-state index in [0.29, 0.717) is 29.4 Å². The number of methoxy groups -OCH3 is 1. The second-order valence-electron chi connectivity index (χ2n) is 6.61. The number of nitrogens with two attached hydrogens (primary N) is 1. The zero-order valence-electron chi connectivity index (χ0n) is 16.8. The van der Waals surface area contributed by atoms with Crippen LogP contribution in [0.3, 0.4) is 0 Å². The minimum absolute atomic E-state index is 0.0614. The number of rotatable bonds is 8. The number of fused-ring (bicyclic) bond motifs is 1. The topological polar surface area (TPSA) is 118 Å². The molecule has 1 atom stereocenters. The van der Waals surface area contributed by atoms with Crippen LogP contribution >= 0.6 is 0 Å². The molecule has 0 radical (unpaired) electrons. The first kappa shape index (κ1) is 20.7. The van der Waals surface area contributed by atoms with Gasteiger partial charge in [-0.15, -0.1) is 0 Å². The predicted molar refractivity (Wildman–Crippen MR) is 111 cm³/mol. The number of carbonyl (C=O) groups excluding carboxylic acids is 2. The third-order valence-corrected chi connectivity index (χ3v) is 4.69. The fraction of sp³-hybridized carbons (Fsp3) is 0.227. The van der Waals surface area contributed by atoms with Crippen molar-refractivity contribution in [3.05, 3.63) is 65.5 Å². The van der Waals surface area contributed by atoms with E-state index in [9.17, 15) is 14.9 Å². The minimum atomic E-state index is -0.770. The highest BCUT2D eigenvalue weighted by atomic mass is 16.5. The number of ether oxygens (including phenoxy) is 2. The van der Waals surface area contributed by atoms with Crippen molar-refractivity contribution in [2.75, 3.05) is 19.0 Å². The maximum Gasteiger partial charge on any atom is 0.262 e. The van der Waals surface area contributed by atoms with E-state index < -0.39 is 17.9 Å². The fourth-order valence-corrected chi connectivity index (χ4v) is 3.42. The van der Waals surface area contributed by atoms with Crippen LogP contribution in [-0.2, 0) is 0 Å². The molecule has 2 aromatic carbocycles. The Balaban J connectivity index is 2.02. The van der Waals surface area contributed by atoms with Gasteiger partial charge in [-0.25, -0.2) is 0 Å². The molecule has 1 aliphatic rings. The lowest BCUT2D eigenvalue weighted by Crippen LogP contribution is -2.34. The van der Waals surface area contributed by atoms with Crippen LogP contribution in [0, 0.1) is 11.3 Å². The Morgan fingerprint density at radius 2 is 1.93 bits per heavy atom. The van der Waals surface area contributed by atoms with Crippen LogP contribution in [0.15, 0.2) is 48.8 Å². The zero-order chi connectivity index (χ0) is 21.8. The van der Waals surface area contributed by atoms with E-state index in [1.807, 2.05) is 6.92 Å². The van der Waals surface area contributed by atoms with Crippen LogP contribution in [0.4, 0.5) is 5.69 Å². The van der Waals surface area contributed by atoms with E-state index in [-0.39, 0.29) is 23.4 Å². The number of nitrogens with zero attached hydrogens (tertiary/aromatic N) is 2. The van der Waals surface area contributed by atoms with Crippen molar-refractivity contribution in [1.29, 1.82) is 5.26 Å². The number of amides is 2. The van der Waals surface area contributed by atoms with Gasteiger partial charge >= 0.3 is 0 Å². The first-order chi connectivity index (χ1) is 14.4. The van der Waals surface area contributed by atoms with Gasteiger partial charge in [-0.1, -0.05) is 12.6 Å². The average Bonchev–Trinajstić information content (AvgIpc) is 2.96. The van der Waals surface area contributed by atoms with Gasteiger partial charge < -0.3 is 20.5 Å². The highest BCUT2D eigenvalue weighted by Crippen LogP contribution is 2.37. The van der Waals surface area contributed by atoms with Crippen LogP contribution in [0.25, 0.3) is 0 Å². The van der Waals surface area contributed by atoms with E-state index in [1.54, 1.807) is 36.4 Å². The summed E-state index contributed by atoms with van der Waals surface area (Å²) >= 11 is 0. The molecule has 154 valence electrons. The molecule has 1 heterocycles. The van der Waals surface area contributed by atoms with Crippen LogP contribution < -0.4 is 20.5 Å². The second-order valence-corrected chi connectivity index (χ2v) is 6.61. The Labute approximate surface area is 174 Å². The predicted octanol–water partition coefficient (Wildman–Crippen LogP) is 3.19. The van der Waals surface area contributed by atoms with E-state index in [2.05, 4.69) is 18.0 Å². The Morgan fingerprint density at radius 1 is 1.20 bits per heavy atom. The van der Waals surface area contributed by atoms with E-state index in [0.717, 1.165) is 4.90 Å². The molecular weight excluding hydrogens is 384 g/mol. The number of nitriles is 1. The molecule has 30 heavy (non-hydrogen) atoms. The summed E-state index contributed by atoms with van der Waals surface area (Å²) in [5, 5.41) is 12.2. The number of benzene rings is 2. The van der Waals surface area contributed by atoms with Gasteiger partial charge in [-0.05, 0) is 42.8 Å². The first-order valence-electron chi connectivity index (χ1n) is 9.32. The van der Waals surface area contributed by atoms with E-state index in [1.165, 1.54) is 7.11 Å². The largest absolute Gasteiger partial charge is 0.493 e. The molecule has 1 aliphatic heterocycles. The summed E-state index contributed by atoms with van der Waals surface area (Å²) in [4.78, 5) is 27.3. The molecule has 0 saturated carbocycles. The highest BCUT2D eigenvalue weighted by molar-refractivity contribution is 6.22. The van der Waals surface area contributed by atoms with Crippen LogP contribution in [-0.4, -0.2) is 30.4 Å². The molecule has 0 saturated heterocycles. The quantitative estimate of drug-likeness (QED) is 0.646. The summed E-state index contributed by atoms with van der Waals surface area (Å²) in [5.74, 6) is 0.284. The summed E-state index contributed by atoms with van der Waals surface area (Å²) in [6.45, 7) is 5.82. The molecule has 8 nitrogen and oxygen atoms in total. The molecule has 8 heteroatoms. The lowest BCUT2D eigenvalue weighted by atomic mass is 10.0. The minimum Gasteiger partial charge on any atom is -0.493 e. The number of hydrogen-bond acceptors (Lipinski definition) is 7. The lowest BCUT2D eigenvalue weighted by Gasteiger charge is -2.25. The summed E-state index contributed by atoms with van der Waals surface area (Å²) in [6.07, 6.45) is -0.0614. The fourth-order valence-electron chi connectivity index (χ4n) is 3.42. The summed E-state index contributed by atoms with van der Waals surface area (Å²) < 4.78 is 10.9. The third kappa shape index (κ3) is 3.78. The number of carbonyl (C=O) groups is 2. The van der Waals surface area contributed by atoms with Crippen molar-refractivity contribution in [3.8, 4) is 17.6 Å². The lowest BCUT2D eigenvalue weighted by molar-refractivity contribution is 0.0584. The Morgan fingerprint density at radius 3 is 2.57 bits per heavy atom. The van der Waals surface area contributed by atoms with Crippen LogP contribution in [0.2, 0.25) is 0 Å². The molecule has 0 aliphatic carbocycles. The second kappa shape index (κ2) is 8.57. The first-order valence-corrected chi connectivity index (χ1v) is 9.32. The summed E-state index contributed by atoms with van der Waals surface area (Å²) in [5.41, 5.74) is 7.22. The zero-order valence-corrected chi connectivity index (χ0v) is 16.8. The molecule has 0 fully saturated rings. The molecule has 0 aromatic heterocycles. The van der Waals surface area contributed by atoms with Crippen molar-refractivity contribution in [1.82, 2.24) is 4.90 Å². The molecule has 2 amide bonds. The molecule has 0 spiro atoms. The van der Waals surface area contributed by atoms with Gasteiger partial charge in [-0.2, -0.15) is 5.26 Å². The van der Waals surface area contributed by atoms with E-state index in [4.69, 9.17) is 15.2 Å². The number of imide groups is 1. The van der Waals surface area contributed by atoms with Gasteiger partial charge in [0.15, 0.2) is 11.5 Å². The standard InChI is InChI=1S/C22H22N4O4/c1-4-30-20-11-14(5-8-19(20)29-3)18(9-10-23)26-21(27)16-7-6-15(25-13(2)24)12-17(16)22(26)28/h5-8,11-12,18,25H,2,4,9,24H2,1,3H3. The maximum absolute atomic E-state index is 13.1. The van der Waals surface area contributed by atoms with Gasteiger partial charge in [-0.3, -0.25) is 14.5 Å². The number of anilines is 1. The van der Waals surface area contributed by atoms with Gasteiger partial charge in [0.1, 0.15) is 0 Å². The number of nitrogens with one attached hydrogen (secondary N) is 1. The van der Waals surface area contributed by atoms with Gasteiger partial charge in [0.2, 0.25) is 0 Å². The van der Waals surface area contributed by atoms with Crippen molar-refractivity contribution in [3.63, 3.8) is 0 Å². The normalized spacial score (nSPS) is 13.4. The molecule has 1 unspecified atom stereocenters. The van der Waals surface area contributed by atoms with Crippen LogP contribution in [0.5, 0.6) is 11.5 Å². The van der Waals surface area contributed by atoms with Crippen molar-refractivity contribution >= 4 is 17.5 Å². The molecule has 3 rings (SSSR count). The van der Waals surface area contributed by atoms with Gasteiger partial charge in [0.25, 0.3) is 11.8 Å². The summed E-state index contributed by atoms with van der Waals surface area (Å²) in [7, 11) is 1.52. The Kier molecular flexibility index (Phi) is 5.93. The van der Waals surface area contributed by atoms with Gasteiger partial charge in [0, 0.05) is 5.69 Å². The average molecular weight is 406 g/mol. The SMILES string of the molecule is C=C(N)Nc1ccc2c(c1)C(=O)N(C(CC#N)c1ccc(OC)c(OCC)c1)C2=O. The molecular formula is C22H22N4O4. The molecule has 2 aromatic rings. The summed E-state index contributed by atoms with van der Waals surface area (Å²) in [6, 6.07) is 11.2. The third-order valence-electron chi connectivity index (χ3n) is 4.69. The Hall–Kier alpha value is -3.99. The molecule has 3 N–H and O–H groups in total. The molecule has 0 bridgehead atoms. The van der Waals surface area contributed by atoms with Crippen molar-refractivity contribution < 1.29 is 19.1 Å². The number of hydrogen-bond donors (Lipinski definition) is 2. The highest BCUT2D eigenvalue weighted by Gasteiger charge is 2.41. The Bertz CT molecular complexity index is 1060. The van der Waals surface area contributed by atoms with Gasteiger partial charge in [0.05, 0.1) is 49.2 Å². The van der Waals surface area contributed by atoms with Crippen LogP contribution in [0.1, 0.15) is 45.7 Å². The van der Waals surface area contributed by atoms with Crippen molar-refractivity contribution in [2.45, 2.75) is 19.4 Å². The maximum atomic E-state index is 13.1. The van der Waals surface area contributed by atoms with Crippen molar-refractivity contribution in [2.24, 2.45) is 5.73 Å².